The van der Waals surface area contributed by atoms with Crippen molar-refractivity contribution in [3.05, 3.63) is 59.4 Å². The lowest BCUT2D eigenvalue weighted by Crippen LogP contribution is -2.46. The molecule has 2 aliphatic heterocycles. The summed E-state index contributed by atoms with van der Waals surface area (Å²) in [7, 11) is 3.30. The highest BCUT2D eigenvalue weighted by Gasteiger charge is 2.42. The second kappa shape index (κ2) is 9.69. The summed E-state index contributed by atoms with van der Waals surface area (Å²) in [5.41, 5.74) is 2.04. The van der Waals surface area contributed by atoms with Crippen LogP contribution in [0.5, 0.6) is 11.5 Å². The molecule has 2 aromatic rings. The van der Waals surface area contributed by atoms with Gasteiger partial charge in [-0.15, -0.1) is 0 Å². The van der Waals surface area contributed by atoms with Gasteiger partial charge >= 0.3 is 0 Å². The number of benzene rings is 2. The van der Waals surface area contributed by atoms with Crippen LogP contribution in [0.15, 0.2) is 42.5 Å². The number of hydrogen-bond acceptors (Lipinski definition) is 4. The van der Waals surface area contributed by atoms with Crippen LogP contribution in [0.2, 0.25) is 0 Å². The first-order valence-electron chi connectivity index (χ1n) is 11.1. The number of nitrogens with one attached hydrogen (secondary N) is 1. The number of likely N-dealkylation sites (tertiary alicyclic amines) is 1. The maximum atomic E-state index is 13.8. The van der Waals surface area contributed by atoms with Crippen molar-refractivity contribution in [3.63, 3.8) is 0 Å². The third kappa shape index (κ3) is 4.85. The summed E-state index contributed by atoms with van der Waals surface area (Å²) >= 11 is 0. The second-order valence-electron chi connectivity index (χ2n) is 8.54. The first-order chi connectivity index (χ1) is 15.1. The van der Waals surface area contributed by atoms with Gasteiger partial charge in [-0.05, 0) is 49.4 Å². The van der Waals surface area contributed by atoms with Gasteiger partial charge in [-0.2, -0.15) is 0 Å². The highest BCUT2D eigenvalue weighted by Crippen LogP contribution is 2.37. The van der Waals surface area contributed by atoms with Gasteiger partial charge in [-0.25, -0.2) is 4.39 Å². The zero-order valence-corrected chi connectivity index (χ0v) is 18.3. The van der Waals surface area contributed by atoms with Crippen molar-refractivity contribution in [2.24, 2.45) is 0 Å². The normalized spacial score (nSPS) is 24.1. The van der Waals surface area contributed by atoms with Crippen molar-refractivity contribution in [2.45, 2.75) is 63.2 Å². The molecule has 0 aromatic heterocycles. The lowest BCUT2D eigenvalue weighted by atomic mass is 9.97. The number of hydrogen-bond donors (Lipinski definition) is 1. The molecule has 0 radical (unpaired) electrons. The Hall–Kier alpha value is -2.60. The van der Waals surface area contributed by atoms with Crippen molar-refractivity contribution < 1.29 is 18.7 Å². The van der Waals surface area contributed by atoms with Gasteiger partial charge in [-0.1, -0.05) is 30.7 Å². The third-order valence-corrected chi connectivity index (χ3v) is 6.58. The van der Waals surface area contributed by atoms with Gasteiger partial charge in [0, 0.05) is 36.7 Å². The summed E-state index contributed by atoms with van der Waals surface area (Å²) in [6, 6.07) is 13.3. The molecule has 1 amide bonds. The summed E-state index contributed by atoms with van der Waals surface area (Å²) in [5, 5.41) is 3.26. The van der Waals surface area contributed by atoms with Crippen molar-refractivity contribution in [1.82, 2.24) is 10.2 Å². The predicted octanol–water partition coefficient (Wildman–Crippen LogP) is 4.09. The van der Waals surface area contributed by atoms with Crippen molar-refractivity contribution >= 4 is 5.91 Å². The predicted molar refractivity (Wildman–Crippen MR) is 118 cm³/mol. The van der Waals surface area contributed by atoms with E-state index in [1.807, 2.05) is 18.2 Å². The Bertz CT molecular complexity index is 919. The van der Waals surface area contributed by atoms with E-state index >= 15 is 0 Å². The lowest BCUT2D eigenvalue weighted by molar-refractivity contribution is -0.122. The van der Waals surface area contributed by atoms with Gasteiger partial charge < -0.3 is 14.8 Å². The third-order valence-electron chi connectivity index (χ3n) is 6.58. The van der Waals surface area contributed by atoms with E-state index in [2.05, 4.69) is 16.3 Å². The van der Waals surface area contributed by atoms with E-state index in [0.29, 0.717) is 18.7 Å². The van der Waals surface area contributed by atoms with Crippen LogP contribution in [0.3, 0.4) is 0 Å². The quantitative estimate of drug-likeness (QED) is 0.756. The number of nitrogens with zero attached hydrogens (tertiary/aromatic N) is 1. The fourth-order valence-corrected chi connectivity index (χ4v) is 5.19. The Morgan fingerprint density at radius 2 is 1.97 bits per heavy atom. The van der Waals surface area contributed by atoms with Gasteiger partial charge in [-0.3, -0.25) is 9.69 Å². The maximum Gasteiger partial charge on any atom is 0.220 e. The van der Waals surface area contributed by atoms with E-state index < -0.39 is 0 Å². The SMILES string of the molecule is COc1cccc(CN2[C@H](Cc3cccc(F)c3)C[C@@H]3NC(=O)CCCC[C@H]32)c1OC. The first kappa shape index (κ1) is 21.6. The molecule has 0 bridgehead atoms. The number of amides is 1. The molecule has 4 rings (SSSR count). The number of halogens is 1. The van der Waals surface area contributed by atoms with Crippen molar-refractivity contribution in [3.8, 4) is 11.5 Å². The van der Waals surface area contributed by atoms with Crippen LogP contribution in [-0.2, 0) is 17.8 Å². The van der Waals surface area contributed by atoms with Gasteiger partial charge in [0.05, 0.1) is 14.2 Å². The Morgan fingerprint density at radius 3 is 2.74 bits per heavy atom. The Labute approximate surface area is 183 Å². The fourth-order valence-electron chi connectivity index (χ4n) is 5.19. The van der Waals surface area contributed by atoms with Crippen LogP contribution in [0, 0.1) is 5.82 Å². The summed E-state index contributed by atoms with van der Waals surface area (Å²) in [4.78, 5) is 14.8. The largest absolute Gasteiger partial charge is 0.493 e. The minimum absolute atomic E-state index is 0.114. The van der Waals surface area contributed by atoms with Gasteiger partial charge in [0.15, 0.2) is 11.5 Å². The van der Waals surface area contributed by atoms with E-state index in [1.54, 1.807) is 26.4 Å². The molecule has 2 heterocycles. The van der Waals surface area contributed by atoms with Gasteiger partial charge in [0.1, 0.15) is 5.82 Å². The molecule has 31 heavy (non-hydrogen) atoms. The van der Waals surface area contributed by atoms with Gasteiger partial charge in [0.25, 0.3) is 0 Å². The molecule has 6 heteroatoms. The van der Waals surface area contributed by atoms with E-state index in [4.69, 9.17) is 9.47 Å². The number of methoxy groups -OCH3 is 2. The average Bonchev–Trinajstić information content (AvgIpc) is 3.04. The van der Waals surface area contributed by atoms with Crippen LogP contribution in [0.4, 0.5) is 4.39 Å². The van der Waals surface area contributed by atoms with E-state index in [-0.39, 0.29) is 29.8 Å². The second-order valence-corrected chi connectivity index (χ2v) is 8.54. The summed E-state index contributed by atoms with van der Waals surface area (Å²) in [5.74, 6) is 1.38. The molecule has 1 N–H and O–H groups in total. The molecule has 2 aromatic carbocycles. The molecular formula is C25H31FN2O3. The zero-order valence-electron chi connectivity index (χ0n) is 18.3. The van der Waals surface area contributed by atoms with Crippen LogP contribution in [-0.4, -0.2) is 43.2 Å². The minimum Gasteiger partial charge on any atom is -0.493 e. The molecule has 2 saturated heterocycles. The van der Waals surface area contributed by atoms with Crippen LogP contribution >= 0.6 is 0 Å². The number of ether oxygens (including phenoxy) is 2. The van der Waals surface area contributed by atoms with Crippen molar-refractivity contribution in [1.29, 1.82) is 0 Å². The van der Waals surface area contributed by atoms with Crippen LogP contribution < -0.4 is 14.8 Å². The van der Waals surface area contributed by atoms with E-state index in [1.165, 1.54) is 6.07 Å². The van der Waals surface area contributed by atoms with Gasteiger partial charge in [0.2, 0.25) is 5.91 Å². The topological polar surface area (TPSA) is 50.8 Å². The molecule has 0 saturated carbocycles. The van der Waals surface area contributed by atoms with E-state index in [0.717, 1.165) is 49.0 Å². The highest BCUT2D eigenvalue weighted by molar-refractivity contribution is 5.76. The number of carbonyl (C=O) groups is 1. The fraction of sp³-hybridized carbons (Fsp3) is 0.480. The number of fused-ring (bicyclic) bond motifs is 1. The maximum absolute atomic E-state index is 13.8. The first-order valence-corrected chi connectivity index (χ1v) is 11.1. The molecule has 2 aliphatic rings. The molecular weight excluding hydrogens is 395 g/mol. The zero-order chi connectivity index (χ0) is 21.8. The molecule has 0 spiro atoms. The van der Waals surface area contributed by atoms with Crippen LogP contribution in [0.25, 0.3) is 0 Å². The Kier molecular flexibility index (Phi) is 6.76. The average molecular weight is 427 g/mol. The minimum atomic E-state index is -0.212. The lowest BCUT2D eigenvalue weighted by Gasteiger charge is -2.33. The molecule has 0 unspecified atom stereocenters. The number of rotatable bonds is 6. The number of carbonyl (C=O) groups excluding carboxylic acids is 1. The summed E-state index contributed by atoms with van der Waals surface area (Å²) < 4.78 is 25.0. The number of para-hydroxylation sites is 1. The molecule has 5 nitrogen and oxygen atoms in total. The summed E-state index contributed by atoms with van der Waals surface area (Å²) in [6.07, 6.45) is 5.19. The Balaban J connectivity index is 1.65. The molecule has 2 fully saturated rings. The summed E-state index contributed by atoms with van der Waals surface area (Å²) in [6.45, 7) is 0.692. The van der Waals surface area contributed by atoms with Crippen LogP contribution in [0.1, 0.15) is 43.2 Å². The standard InChI is InChI=1S/C25H31FN2O3/c1-30-23-11-6-8-18(25(23)31-2)16-28-20(14-17-7-5-9-19(26)13-17)15-21-22(28)10-3-4-12-24(29)27-21/h5-9,11,13,20-22H,3-4,10,12,14-16H2,1-2H3,(H,27,29)/t20-,21+,22-/m1/s1. The smallest absolute Gasteiger partial charge is 0.220 e. The Morgan fingerprint density at radius 1 is 1.13 bits per heavy atom. The van der Waals surface area contributed by atoms with Crippen molar-refractivity contribution in [2.75, 3.05) is 14.2 Å². The highest BCUT2D eigenvalue weighted by atomic mass is 19.1. The molecule has 0 aliphatic carbocycles. The molecule has 166 valence electrons. The molecule has 3 atom stereocenters. The monoisotopic (exact) mass is 426 g/mol. The van der Waals surface area contributed by atoms with E-state index in [9.17, 15) is 9.18 Å².